The van der Waals surface area contributed by atoms with Crippen LogP contribution in [0.2, 0.25) is 0 Å². The van der Waals surface area contributed by atoms with E-state index in [1.165, 1.54) is 0 Å². The van der Waals surface area contributed by atoms with Crippen molar-refractivity contribution in [3.8, 4) is 11.8 Å². The number of aromatic nitrogens is 2. The summed E-state index contributed by atoms with van der Waals surface area (Å²) < 4.78 is 6.99. The van der Waals surface area contributed by atoms with Gasteiger partial charge < -0.3 is 10.1 Å². The highest BCUT2D eigenvalue weighted by molar-refractivity contribution is 5.77. The van der Waals surface area contributed by atoms with Crippen LogP contribution >= 0.6 is 0 Å². The van der Waals surface area contributed by atoms with Crippen molar-refractivity contribution in [1.82, 2.24) is 15.1 Å². The van der Waals surface area contributed by atoms with Gasteiger partial charge in [-0.1, -0.05) is 0 Å². The molecule has 6 nitrogen and oxygen atoms in total. The Kier molecular flexibility index (Phi) is 4.35. The van der Waals surface area contributed by atoms with Crippen LogP contribution in [-0.4, -0.2) is 22.3 Å². The van der Waals surface area contributed by atoms with Crippen molar-refractivity contribution >= 4 is 5.91 Å². The molecule has 0 aliphatic carbocycles. The first-order chi connectivity index (χ1) is 9.67. The fraction of sp³-hybridized carbons (Fsp3) is 0.214. The number of hydrogen-bond acceptors (Lipinski definition) is 4. The number of amides is 1. The summed E-state index contributed by atoms with van der Waals surface area (Å²) in [5.41, 5.74) is 1.34. The number of aryl methyl sites for hydroxylation is 1. The number of benzene rings is 1. The van der Waals surface area contributed by atoms with E-state index in [0.717, 1.165) is 5.69 Å². The number of nitriles is 1. The Bertz CT molecular complexity index is 625. The van der Waals surface area contributed by atoms with Crippen LogP contribution in [0, 0.1) is 11.3 Å². The van der Waals surface area contributed by atoms with Gasteiger partial charge in [-0.3, -0.25) is 9.48 Å². The van der Waals surface area contributed by atoms with E-state index in [2.05, 4.69) is 10.4 Å². The molecule has 2 rings (SSSR count). The molecule has 0 fully saturated rings. The van der Waals surface area contributed by atoms with E-state index in [9.17, 15) is 4.79 Å². The Morgan fingerprint density at radius 2 is 2.15 bits per heavy atom. The first-order valence-electron chi connectivity index (χ1n) is 6.05. The fourth-order valence-corrected chi connectivity index (χ4v) is 1.57. The molecule has 1 amide bonds. The molecule has 0 aliphatic rings. The lowest BCUT2D eigenvalue weighted by atomic mass is 10.2. The third-order valence-electron chi connectivity index (χ3n) is 2.59. The van der Waals surface area contributed by atoms with Crippen LogP contribution in [-0.2, 0) is 18.4 Å². The molecule has 0 aliphatic heterocycles. The largest absolute Gasteiger partial charge is 0.484 e. The Morgan fingerprint density at radius 1 is 1.40 bits per heavy atom. The number of hydrogen-bond donors (Lipinski definition) is 1. The number of rotatable bonds is 5. The molecule has 0 saturated heterocycles. The maximum Gasteiger partial charge on any atom is 0.258 e. The number of nitrogens with zero attached hydrogens (tertiary/aromatic N) is 3. The highest BCUT2D eigenvalue weighted by Gasteiger charge is 2.04. The Labute approximate surface area is 116 Å². The lowest BCUT2D eigenvalue weighted by molar-refractivity contribution is -0.123. The van der Waals surface area contributed by atoms with Gasteiger partial charge in [-0.15, -0.1) is 0 Å². The van der Waals surface area contributed by atoms with Crippen LogP contribution in [0.1, 0.15) is 11.3 Å². The van der Waals surface area contributed by atoms with Gasteiger partial charge in [0, 0.05) is 13.2 Å². The SMILES string of the molecule is Cn1ccc(CNC(=O)COc2ccc(C#N)cc2)n1. The van der Waals surface area contributed by atoms with Crippen molar-refractivity contribution in [3.05, 3.63) is 47.8 Å². The molecule has 1 N–H and O–H groups in total. The predicted molar refractivity (Wildman–Crippen MR) is 71.7 cm³/mol. The molecule has 0 bridgehead atoms. The van der Waals surface area contributed by atoms with Gasteiger partial charge in [0.25, 0.3) is 5.91 Å². The van der Waals surface area contributed by atoms with Gasteiger partial charge >= 0.3 is 0 Å². The monoisotopic (exact) mass is 270 g/mol. The Hall–Kier alpha value is -2.81. The van der Waals surface area contributed by atoms with Gasteiger partial charge in [0.05, 0.1) is 23.9 Å². The number of carbonyl (C=O) groups excluding carboxylic acids is 1. The van der Waals surface area contributed by atoms with Crippen molar-refractivity contribution in [2.45, 2.75) is 6.54 Å². The Morgan fingerprint density at radius 3 is 2.75 bits per heavy atom. The molecule has 1 aromatic heterocycles. The highest BCUT2D eigenvalue weighted by Crippen LogP contribution is 2.11. The number of carbonyl (C=O) groups is 1. The van der Waals surface area contributed by atoms with Gasteiger partial charge in [-0.25, -0.2) is 0 Å². The Balaban J connectivity index is 1.75. The van der Waals surface area contributed by atoms with Crippen LogP contribution in [0.4, 0.5) is 0 Å². The summed E-state index contributed by atoms with van der Waals surface area (Å²) in [7, 11) is 1.82. The van der Waals surface area contributed by atoms with Crippen molar-refractivity contribution in [3.63, 3.8) is 0 Å². The maximum absolute atomic E-state index is 11.6. The van der Waals surface area contributed by atoms with Gasteiger partial charge in [0.15, 0.2) is 6.61 Å². The summed E-state index contributed by atoms with van der Waals surface area (Å²) in [5, 5.41) is 15.5. The molecule has 2 aromatic rings. The highest BCUT2D eigenvalue weighted by atomic mass is 16.5. The van der Waals surface area contributed by atoms with Crippen LogP contribution in [0.25, 0.3) is 0 Å². The van der Waals surface area contributed by atoms with E-state index in [1.54, 1.807) is 28.9 Å². The summed E-state index contributed by atoms with van der Waals surface area (Å²) in [4.78, 5) is 11.6. The normalized spacial score (nSPS) is 9.80. The summed E-state index contributed by atoms with van der Waals surface area (Å²) in [6, 6.07) is 10.4. The van der Waals surface area contributed by atoms with Gasteiger partial charge in [-0.2, -0.15) is 10.4 Å². The lowest BCUT2D eigenvalue weighted by Gasteiger charge is -2.06. The third kappa shape index (κ3) is 3.85. The van der Waals surface area contributed by atoms with Crippen molar-refractivity contribution < 1.29 is 9.53 Å². The minimum atomic E-state index is -0.222. The zero-order chi connectivity index (χ0) is 14.4. The second-order valence-corrected chi connectivity index (χ2v) is 4.18. The molecule has 0 spiro atoms. The molecule has 0 unspecified atom stereocenters. The first kappa shape index (κ1) is 13.6. The summed E-state index contributed by atoms with van der Waals surface area (Å²) >= 11 is 0. The van der Waals surface area contributed by atoms with E-state index in [0.29, 0.717) is 17.9 Å². The molecule has 1 heterocycles. The van der Waals surface area contributed by atoms with Gasteiger partial charge in [0.1, 0.15) is 5.75 Å². The molecule has 6 heteroatoms. The van der Waals surface area contributed by atoms with Crippen molar-refractivity contribution in [2.75, 3.05) is 6.61 Å². The number of nitrogens with one attached hydrogen (secondary N) is 1. The molecule has 0 atom stereocenters. The average molecular weight is 270 g/mol. The molecule has 20 heavy (non-hydrogen) atoms. The number of ether oxygens (including phenoxy) is 1. The molecule has 1 aromatic carbocycles. The molecule has 0 radical (unpaired) electrons. The van der Waals surface area contributed by atoms with E-state index in [1.807, 2.05) is 25.4 Å². The van der Waals surface area contributed by atoms with E-state index in [-0.39, 0.29) is 12.5 Å². The topological polar surface area (TPSA) is 79.9 Å². The fourth-order valence-electron chi connectivity index (χ4n) is 1.57. The quantitative estimate of drug-likeness (QED) is 0.878. The minimum absolute atomic E-state index is 0.0707. The second kappa shape index (κ2) is 6.38. The first-order valence-corrected chi connectivity index (χ1v) is 6.05. The summed E-state index contributed by atoms with van der Waals surface area (Å²) in [6.07, 6.45) is 1.81. The summed E-state index contributed by atoms with van der Waals surface area (Å²) in [6.45, 7) is 0.301. The molecular weight excluding hydrogens is 256 g/mol. The standard InChI is InChI=1S/C14H14N4O2/c1-18-7-6-12(17-18)9-16-14(19)10-20-13-4-2-11(8-15)3-5-13/h2-7H,9-10H2,1H3,(H,16,19). The second-order valence-electron chi connectivity index (χ2n) is 4.18. The predicted octanol–water partition coefficient (Wildman–Crippen LogP) is 0.987. The lowest BCUT2D eigenvalue weighted by Crippen LogP contribution is -2.28. The van der Waals surface area contributed by atoms with Gasteiger partial charge in [-0.05, 0) is 30.3 Å². The molecule has 0 saturated carbocycles. The molecule has 102 valence electrons. The van der Waals surface area contributed by atoms with Crippen LogP contribution in [0.15, 0.2) is 36.5 Å². The third-order valence-corrected chi connectivity index (χ3v) is 2.59. The van der Waals surface area contributed by atoms with Crippen molar-refractivity contribution in [1.29, 1.82) is 5.26 Å². The zero-order valence-corrected chi connectivity index (χ0v) is 11.0. The maximum atomic E-state index is 11.6. The van der Waals surface area contributed by atoms with E-state index in [4.69, 9.17) is 10.00 Å². The van der Waals surface area contributed by atoms with Crippen LogP contribution in [0.3, 0.4) is 0 Å². The molecular formula is C14H14N4O2. The van der Waals surface area contributed by atoms with Crippen molar-refractivity contribution in [2.24, 2.45) is 7.05 Å². The van der Waals surface area contributed by atoms with Crippen LogP contribution < -0.4 is 10.1 Å². The zero-order valence-electron chi connectivity index (χ0n) is 11.0. The minimum Gasteiger partial charge on any atom is -0.484 e. The van der Waals surface area contributed by atoms with E-state index >= 15 is 0 Å². The smallest absolute Gasteiger partial charge is 0.258 e. The van der Waals surface area contributed by atoms with E-state index < -0.39 is 0 Å². The van der Waals surface area contributed by atoms with Gasteiger partial charge in [0.2, 0.25) is 0 Å². The van der Waals surface area contributed by atoms with Crippen LogP contribution in [0.5, 0.6) is 5.75 Å². The summed E-state index contributed by atoms with van der Waals surface area (Å²) in [5.74, 6) is 0.331. The average Bonchev–Trinajstić information content (AvgIpc) is 2.89.